The van der Waals surface area contributed by atoms with Crippen molar-refractivity contribution in [3.8, 4) is 0 Å². The molecule has 0 spiro atoms. The first-order chi connectivity index (χ1) is 9.50. The zero-order valence-corrected chi connectivity index (χ0v) is 12.3. The Labute approximate surface area is 119 Å². The van der Waals surface area contributed by atoms with Crippen molar-refractivity contribution in [2.24, 2.45) is 0 Å². The van der Waals surface area contributed by atoms with E-state index in [0.717, 1.165) is 0 Å². The van der Waals surface area contributed by atoms with Gasteiger partial charge in [0.05, 0.1) is 17.5 Å². The molecule has 0 aliphatic carbocycles. The minimum atomic E-state index is -0.699. The molecule has 5 nitrogen and oxygen atoms in total. The van der Waals surface area contributed by atoms with Crippen LogP contribution >= 0.6 is 0 Å². The van der Waals surface area contributed by atoms with E-state index in [0.29, 0.717) is 5.69 Å². The summed E-state index contributed by atoms with van der Waals surface area (Å²) in [5, 5.41) is 15.2. The number of nitrogens with one attached hydrogen (secondary N) is 2. The van der Waals surface area contributed by atoms with Gasteiger partial charge in [-0.2, -0.15) is 0 Å². The fraction of sp³-hybridized carbons (Fsp3) is 0.333. The fourth-order valence-electron chi connectivity index (χ4n) is 1.12. The second kappa shape index (κ2) is 9.61. The van der Waals surface area contributed by atoms with Crippen LogP contribution in [0.25, 0.3) is 0 Å². The Bertz CT molecular complexity index is 479. The number of carbonyl (C=O) groups is 1. The number of ether oxygens (including phenoxy) is 1. The lowest BCUT2D eigenvalue weighted by atomic mass is 10.2. The number of rotatable bonds is 5. The summed E-state index contributed by atoms with van der Waals surface area (Å²) in [6, 6.07) is 5.20. The van der Waals surface area contributed by atoms with Crippen LogP contribution in [0.2, 0.25) is 0 Å². The van der Waals surface area contributed by atoms with E-state index in [9.17, 15) is 4.79 Å². The van der Waals surface area contributed by atoms with Gasteiger partial charge >= 0.3 is 5.97 Å². The van der Waals surface area contributed by atoms with Crippen molar-refractivity contribution in [3.05, 3.63) is 42.2 Å². The van der Waals surface area contributed by atoms with Crippen molar-refractivity contribution in [2.45, 2.75) is 33.8 Å². The molecule has 0 radical (unpaired) electrons. The van der Waals surface area contributed by atoms with Crippen LogP contribution in [-0.4, -0.2) is 28.5 Å². The molecule has 0 aliphatic heterocycles. The standard InChI is InChI=1S/C13H15N3O2.C2H6/c1-9(2)18-13(17)11(15)7-6-10(14)12-5-3-4-8-16-12;1-2/h3-9,14-15H,1-2H3;1-2H3/b7-6-,14-10?,15-11?;. The number of hydrogen-bond donors (Lipinski definition) is 2. The first-order valence-electron chi connectivity index (χ1n) is 6.48. The molecule has 0 fully saturated rings. The molecule has 0 aliphatic rings. The normalized spacial score (nSPS) is 9.85. The van der Waals surface area contributed by atoms with Gasteiger partial charge in [0.1, 0.15) is 5.71 Å². The van der Waals surface area contributed by atoms with Gasteiger partial charge in [0.15, 0.2) is 0 Å². The van der Waals surface area contributed by atoms with Crippen molar-refractivity contribution in [3.63, 3.8) is 0 Å². The molecular formula is C15H21N3O2. The molecule has 5 heteroatoms. The smallest absolute Gasteiger partial charge is 0.356 e. The van der Waals surface area contributed by atoms with Crippen molar-refractivity contribution in [1.29, 1.82) is 10.8 Å². The van der Waals surface area contributed by atoms with Gasteiger partial charge in [-0.05, 0) is 38.1 Å². The highest BCUT2D eigenvalue weighted by atomic mass is 16.5. The van der Waals surface area contributed by atoms with Crippen LogP contribution in [0.4, 0.5) is 0 Å². The van der Waals surface area contributed by atoms with E-state index in [1.165, 1.54) is 12.2 Å². The Morgan fingerprint density at radius 1 is 1.25 bits per heavy atom. The van der Waals surface area contributed by atoms with E-state index >= 15 is 0 Å². The summed E-state index contributed by atoms with van der Waals surface area (Å²) >= 11 is 0. The van der Waals surface area contributed by atoms with E-state index in [4.69, 9.17) is 15.6 Å². The second-order valence-corrected chi connectivity index (χ2v) is 3.83. The predicted molar refractivity (Wildman–Crippen MR) is 80.5 cm³/mol. The zero-order chi connectivity index (χ0) is 15.5. The fourth-order valence-corrected chi connectivity index (χ4v) is 1.12. The first-order valence-corrected chi connectivity index (χ1v) is 6.48. The van der Waals surface area contributed by atoms with Crippen LogP contribution < -0.4 is 0 Å². The van der Waals surface area contributed by atoms with Crippen LogP contribution in [0.15, 0.2) is 36.5 Å². The highest BCUT2D eigenvalue weighted by Gasteiger charge is 2.09. The number of pyridine rings is 1. The molecule has 0 amide bonds. The van der Waals surface area contributed by atoms with Gasteiger partial charge in [0.25, 0.3) is 0 Å². The summed E-state index contributed by atoms with van der Waals surface area (Å²) in [5.74, 6) is -0.699. The van der Waals surface area contributed by atoms with E-state index in [-0.39, 0.29) is 17.5 Å². The van der Waals surface area contributed by atoms with E-state index in [2.05, 4.69) is 4.98 Å². The molecular weight excluding hydrogens is 254 g/mol. The van der Waals surface area contributed by atoms with Gasteiger partial charge in [0, 0.05) is 6.20 Å². The molecule has 0 saturated heterocycles. The molecule has 1 rings (SSSR count). The molecule has 20 heavy (non-hydrogen) atoms. The minimum absolute atomic E-state index is 0.137. The van der Waals surface area contributed by atoms with Crippen molar-refractivity contribution >= 4 is 17.4 Å². The van der Waals surface area contributed by atoms with Gasteiger partial charge in [-0.1, -0.05) is 19.9 Å². The average Bonchev–Trinajstić information content (AvgIpc) is 2.46. The third-order valence-corrected chi connectivity index (χ3v) is 1.92. The zero-order valence-electron chi connectivity index (χ0n) is 12.3. The van der Waals surface area contributed by atoms with Crippen LogP contribution in [-0.2, 0) is 9.53 Å². The molecule has 0 atom stereocenters. The van der Waals surface area contributed by atoms with Gasteiger partial charge < -0.3 is 4.74 Å². The van der Waals surface area contributed by atoms with Gasteiger partial charge in [-0.15, -0.1) is 0 Å². The van der Waals surface area contributed by atoms with Crippen LogP contribution in [0, 0.1) is 10.8 Å². The summed E-state index contributed by atoms with van der Waals surface area (Å²) in [6.45, 7) is 7.43. The molecule has 1 heterocycles. The van der Waals surface area contributed by atoms with Crippen molar-refractivity contribution in [1.82, 2.24) is 4.98 Å². The molecule has 0 unspecified atom stereocenters. The molecule has 0 bridgehead atoms. The number of aromatic nitrogens is 1. The maximum atomic E-state index is 11.3. The maximum Gasteiger partial charge on any atom is 0.356 e. The lowest BCUT2D eigenvalue weighted by Crippen LogP contribution is -2.18. The monoisotopic (exact) mass is 275 g/mol. The number of hydrogen-bond acceptors (Lipinski definition) is 5. The van der Waals surface area contributed by atoms with Crippen LogP contribution in [0.1, 0.15) is 33.4 Å². The molecule has 0 aromatic carbocycles. The molecule has 1 aromatic heterocycles. The third-order valence-electron chi connectivity index (χ3n) is 1.92. The summed E-state index contributed by atoms with van der Waals surface area (Å²) < 4.78 is 4.85. The van der Waals surface area contributed by atoms with Gasteiger partial charge in [-0.25, -0.2) is 4.79 Å². The summed E-state index contributed by atoms with van der Waals surface area (Å²) in [5.41, 5.74) is 0.334. The first kappa shape index (κ1) is 17.7. The Kier molecular flexibility index (Phi) is 8.50. The average molecular weight is 275 g/mol. The Balaban J connectivity index is 0.00000172. The van der Waals surface area contributed by atoms with E-state index in [1.807, 2.05) is 13.8 Å². The summed E-state index contributed by atoms with van der Waals surface area (Å²) in [7, 11) is 0. The van der Waals surface area contributed by atoms with E-state index < -0.39 is 5.97 Å². The topological polar surface area (TPSA) is 86.9 Å². The maximum absolute atomic E-state index is 11.3. The number of nitrogens with zero attached hydrogens (tertiary/aromatic N) is 1. The number of allylic oxidation sites excluding steroid dienone is 1. The molecule has 108 valence electrons. The largest absolute Gasteiger partial charge is 0.458 e. The number of esters is 1. The van der Waals surface area contributed by atoms with E-state index in [1.54, 1.807) is 38.2 Å². The number of carbonyl (C=O) groups excluding carboxylic acids is 1. The highest BCUT2D eigenvalue weighted by molar-refractivity contribution is 6.40. The SMILES string of the molecule is CC.CC(C)OC(=O)C(=N)/C=C\C(=N)c1ccccn1. The quantitative estimate of drug-likeness (QED) is 0.639. The molecule has 2 N–H and O–H groups in total. The van der Waals surface area contributed by atoms with Crippen LogP contribution in [0.3, 0.4) is 0 Å². The van der Waals surface area contributed by atoms with Crippen molar-refractivity contribution < 1.29 is 9.53 Å². The lowest BCUT2D eigenvalue weighted by molar-refractivity contribution is -0.139. The third kappa shape index (κ3) is 6.58. The second-order valence-electron chi connectivity index (χ2n) is 3.83. The van der Waals surface area contributed by atoms with Gasteiger partial charge in [0.2, 0.25) is 0 Å². The summed E-state index contributed by atoms with van der Waals surface area (Å²) in [4.78, 5) is 15.3. The minimum Gasteiger partial charge on any atom is -0.458 e. The summed E-state index contributed by atoms with van der Waals surface area (Å²) in [6.07, 6.45) is 3.91. The highest BCUT2D eigenvalue weighted by Crippen LogP contribution is 1.97. The van der Waals surface area contributed by atoms with Crippen molar-refractivity contribution in [2.75, 3.05) is 0 Å². The molecule has 0 saturated carbocycles. The molecule has 1 aromatic rings. The Morgan fingerprint density at radius 3 is 2.40 bits per heavy atom. The lowest BCUT2D eigenvalue weighted by Gasteiger charge is -2.06. The van der Waals surface area contributed by atoms with Gasteiger partial charge in [-0.3, -0.25) is 15.8 Å². The van der Waals surface area contributed by atoms with Crippen LogP contribution in [0.5, 0.6) is 0 Å². The Morgan fingerprint density at radius 2 is 1.90 bits per heavy atom. The Hall–Kier alpha value is -2.30. The predicted octanol–water partition coefficient (Wildman–Crippen LogP) is 3.00.